The Labute approximate surface area is 108 Å². The number of nitrogen functional groups attached to an aromatic ring is 1. The van der Waals surface area contributed by atoms with Gasteiger partial charge in [0.25, 0.3) is 0 Å². The lowest BCUT2D eigenvalue weighted by molar-refractivity contribution is -0.385. The van der Waals surface area contributed by atoms with Gasteiger partial charge in [-0.25, -0.2) is 14.4 Å². The van der Waals surface area contributed by atoms with Gasteiger partial charge < -0.3 is 5.73 Å². The number of nitro groups is 1. The van der Waals surface area contributed by atoms with Crippen LogP contribution in [0.15, 0.2) is 18.2 Å². The molecule has 0 aliphatic carbocycles. The van der Waals surface area contributed by atoms with Crippen molar-refractivity contribution in [3.05, 3.63) is 45.4 Å². The Balaban J connectivity index is 2.81. The molecular formula is C12H11FN4O2. The van der Waals surface area contributed by atoms with Crippen LogP contribution in [0, 0.1) is 29.8 Å². The van der Waals surface area contributed by atoms with Crippen LogP contribution in [0.25, 0.3) is 11.3 Å². The van der Waals surface area contributed by atoms with Crippen LogP contribution in [0.5, 0.6) is 0 Å². The first-order valence-corrected chi connectivity index (χ1v) is 5.45. The standard InChI is InChI=1S/C12H11FN4O2/c1-6-8(4-3-5-9(6)13)10-11(17(18)19)7(2)15-12(14)16-10/h3-5H,1-2H3,(H2,14,15,16). The lowest BCUT2D eigenvalue weighted by atomic mass is 10.0. The topological polar surface area (TPSA) is 94.9 Å². The predicted molar refractivity (Wildman–Crippen MR) is 68.0 cm³/mol. The van der Waals surface area contributed by atoms with Crippen LogP contribution >= 0.6 is 0 Å². The van der Waals surface area contributed by atoms with Gasteiger partial charge >= 0.3 is 5.69 Å². The maximum absolute atomic E-state index is 13.6. The van der Waals surface area contributed by atoms with Crippen molar-refractivity contribution < 1.29 is 9.31 Å². The first kappa shape index (κ1) is 12.9. The minimum absolute atomic E-state index is 0.0343. The van der Waals surface area contributed by atoms with Gasteiger partial charge in [0.05, 0.1) is 4.92 Å². The third kappa shape index (κ3) is 2.22. The average Bonchev–Trinajstić information content (AvgIpc) is 2.31. The summed E-state index contributed by atoms with van der Waals surface area (Å²) in [7, 11) is 0. The number of halogens is 1. The molecule has 0 unspecified atom stereocenters. The van der Waals surface area contributed by atoms with Crippen molar-refractivity contribution in [2.24, 2.45) is 0 Å². The number of anilines is 1. The molecule has 0 saturated carbocycles. The molecule has 2 aromatic rings. The largest absolute Gasteiger partial charge is 0.368 e. The second-order valence-electron chi connectivity index (χ2n) is 4.03. The maximum Gasteiger partial charge on any atom is 0.316 e. The van der Waals surface area contributed by atoms with Gasteiger partial charge in [-0.1, -0.05) is 12.1 Å². The summed E-state index contributed by atoms with van der Waals surface area (Å²) in [5.74, 6) is -0.539. The van der Waals surface area contributed by atoms with E-state index >= 15 is 0 Å². The summed E-state index contributed by atoms with van der Waals surface area (Å²) in [5, 5.41) is 11.1. The first-order valence-electron chi connectivity index (χ1n) is 5.45. The van der Waals surface area contributed by atoms with E-state index in [-0.39, 0.29) is 28.6 Å². The van der Waals surface area contributed by atoms with E-state index in [9.17, 15) is 14.5 Å². The fraction of sp³-hybridized carbons (Fsp3) is 0.167. The van der Waals surface area contributed by atoms with E-state index in [0.717, 1.165) is 0 Å². The molecular weight excluding hydrogens is 251 g/mol. The molecule has 19 heavy (non-hydrogen) atoms. The quantitative estimate of drug-likeness (QED) is 0.662. The van der Waals surface area contributed by atoms with Gasteiger partial charge in [0.2, 0.25) is 5.95 Å². The minimum atomic E-state index is -0.589. The zero-order chi connectivity index (χ0) is 14.2. The van der Waals surface area contributed by atoms with E-state index in [1.165, 1.54) is 26.0 Å². The number of nitrogens with zero attached hydrogens (tertiary/aromatic N) is 3. The number of aryl methyl sites for hydroxylation is 1. The van der Waals surface area contributed by atoms with Gasteiger partial charge in [-0.2, -0.15) is 0 Å². The van der Waals surface area contributed by atoms with Crippen molar-refractivity contribution in [3.63, 3.8) is 0 Å². The Kier molecular flexibility index (Phi) is 3.12. The number of nitrogens with two attached hydrogens (primary N) is 1. The van der Waals surface area contributed by atoms with E-state index < -0.39 is 10.7 Å². The molecule has 1 heterocycles. The van der Waals surface area contributed by atoms with Crippen LogP contribution in [0.4, 0.5) is 16.0 Å². The van der Waals surface area contributed by atoms with Crippen molar-refractivity contribution in [1.82, 2.24) is 9.97 Å². The molecule has 0 amide bonds. The molecule has 1 aromatic carbocycles. The molecule has 98 valence electrons. The van der Waals surface area contributed by atoms with Gasteiger partial charge in [0.1, 0.15) is 11.5 Å². The van der Waals surface area contributed by atoms with E-state index in [0.29, 0.717) is 5.56 Å². The summed E-state index contributed by atoms with van der Waals surface area (Å²) in [6.07, 6.45) is 0. The molecule has 0 saturated heterocycles. The van der Waals surface area contributed by atoms with Crippen molar-refractivity contribution in [3.8, 4) is 11.3 Å². The summed E-state index contributed by atoms with van der Waals surface area (Å²) in [4.78, 5) is 18.2. The second-order valence-corrected chi connectivity index (χ2v) is 4.03. The van der Waals surface area contributed by atoms with Crippen molar-refractivity contribution in [1.29, 1.82) is 0 Å². The van der Waals surface area contributed by atoms with E-state index in [1.54, 1.807) is 6.07 Å². The van der Waals surface area contributed by atoms with Gasteiger partial charge in [0.15, 0.2) is 5.69 Å². The Morgan fingerprint density at radius 1 is 1.32 bits per heavy atom. The molecule has 1 aromatic heterocycles. The summed E-state index contributed by atoms with van der Waals surface area (Å²) >= 11 is 0. The smallest absolute Gasteiger partial charge is 0.316 e. The molecule has 0 aliphatic heterocycles. The van der Waals surface area contributed by atoms with Crippen LogP contribution in [-0.4, -0.2) is 14.9 Å². The highest BCUT2D eigenvalue weighted by Gasteiger charge is 2.24. The molecule has 0 bridgehead atoms. The van der Waals surface area contributed by atoms with Gasteiger partial charge in [-0.3, -0.25) is 10.1 Å². The SMILES string of the molecule is Cc1nc(N)nc(-c2cccc(F)c2C)c1[N+](=O)[O-]. The lowest BCUT2D eigenvalue weighted by Gasteiger charge is -2.08. The molecule has 0 radical (unpaired) electrons. The molecule has 0 fully saturated rings. The van der Waals surface area contributed by atoms with E-state index in [1.807, 2.05) is 0 Å². The average molecular weight is 262 g/mol. The molecule has 0 aliphatic rings. The zero-order valence-corrected chi connectivity index (χ0v) is 10.3. The van der Waals surface area contributed by atoms with Crippen LogP contribution in [-0.2, 0) is 0 Å². The Morgan fingerprint density at radius 3 is 2.63 bits per heavy atom. The van der Waals surface area contributed by atoms with Crippen LogP contribution < -0.4 is 5.73 Å². The minimum Gasteiger partial charge on any atom is -0.368 e. The van der Waals surface area contributed by atoms with E-state index in [2.05, 4.69) is 9.97 Å². The highest BCUT2D eigenvalue weighted by Crippen LogP contribution is 2.33. The van der Waals surface area contributed by atoms with Crippen molar-refractivity contribution >= 4 is 11.6 Å². The highest BCUT2D eigenvalue weighted by molar-refractivity contribution is 5.74. The number of aromatic nitrogens is 2. The fourth-order valence-electron chi connectivity index (χ4n) is 1.86. The van der Waals surface area contributed by atoms with E-state index in [4.69, 9.17) is 5.73 Å². The molecule has 2 N–H and O–H groups in total. The Bertz CT molecular complexity index is 673. The van der Waals surface area contributed by atoms with Crippen LogP contribution in [0.2, 0.25) is 0 Å². The molecule has 7 heteroatoms. The number of hydrogen-bond donors (Lipinski definition) is 1. The second kappa shape index (κ2) is 4.60. The number of hydrogen-bond acceptors (Lipinski definition) is 5. The van der Waals surface area contributed by atoms with Gasteiger partial charge in [-0.05, 0) is 25.5 Å². The third-order valence-electron chi connectivity index (χ3n) is 2.78. The number of rotatable bonds is 2. The van der Waals surface area contributed by atoms with Crippen LogP contribution in [0.1, 0.15) is 11.3 Å². The monoisotopic (exact) mass is 262 g/mol. The molecule has 2 rings (SSSR count). The summed E-state index contributed by atoms with van der Waals surface area (Å²) in [6.45, 7) is 3.00. The van der Waals surface area contributed by atoms with Gasteiger partial charge in [-0.15, -0.1) is 0 Å². The fourth-order valence-corrected chi connectivity index (χ4v) is 1.86. The lowest BCUT2D eigenvalue weighted by Crippen LogP contribution is -2.05. The Morgan fingerprint density at radius 2 is 2.00 bits per heavy atom. The van der Waals surface area contributed by atoms with Gasteiger partial charge in [0, 0.05) is 5.56 Å². The Hall–Kier alpha value is -2.57. The molecule has 0 atom stereocenters. The third-order valence-corrected chi connectivity index (χ3v) is 2.78. The molecule has 6 nitrogen and oxygen atoms in total. The highest BCUT2D eigenvalue weighted by atomic mass is 19.1. The summed E-state index contributed by atoms with van der Waals surface area (Å²) in [6, 6.07) is 4.31. The summed E-state index contributed by atoms with van der Waals surface area (Å²) in [5.41, 5.74) is 6.06. The normalized spacial score (nSPS) is 10.5. The van der Waals surface area contributed by atoms with Crippen molar-refractivity contribution in [2.45, 2.75) is 13.8 Å². The maximum atomic E-state index is 13.6. The molecule has 0 spiro atoms. The summed E-state index contributed by atoms with van der Waals surface area (Å²) < 4.78 is 13.6. The van der Waals surface area contributed by atoms with Crippen LogP contribution in [0.3, 0.4) is 0 Å². The number of benzene rings is 1. The zero-order valence-electron chi connectivity index (χ0n) is 10.3. The predicted octanol–water partition coefficient (Wildman–Crippen LogP) is 2.39. The van der Waals surface area contributed by atoms with Crippen molar-refractivity contribution in [2.75, 3.05) is 5.73 Å². The first-order chi connectivity index (χ1) is 8.91.